The van der Waals surface area contributed by atoms with Crippen molar-refractivity contribution in [1.29, 1.82) is 0 Å². The second-order valence-corrected chi connectivity index (χ2v) is 4.99. The van der Waals surface area contributed by atoms with Crippen LogP contribution in [0.2, 0.25) is 5.02 Å². The molecule has 0 fully saturated rings. The van der Waals surface area contributed by atoms with Gasteiger partial charge in [0.15, 0.2) is 0 Å². The Morgan fingerprint density at radius 3 is 2.17 bits per heavy atom. The van der Waals surface area contributed by atoms with E-state index in [9.17, 15) is 5.11 Å². The molecule has 18 heavy (non-hydrogen) atoms. The normalized spacial score (nSPS) is 14.2. The first kappa shape index (κ1) is 13.1. The fourth-order valence-electron chi connectivity index (χ4n) is 2.12. The lowest BCUT2D eigenvalue weighted by atomic mass is 9.85. The van der Waals surface area contributed by atoms with Crippen molar-refractivity contribution < 1.29 is 5.11 Å². The fourth-order valence-corrected chi connectivity index (χ4v) is 2.25. The van der Waals surface area contributed by atoms with Crippen molar-refractivity contribution in [2.75, 3.05) is 0 Å². The van der Waals surface area contributed by atoms with Crippen LogP contribution < -0.4 is 0 Å². The Morgan fingerprint density at radius 2 is 1.61 bits per heavy atom. The van der Waals surface area contributed by atoms with Crippen LogP contribution in [0, 0.1) is 0 Å². The van der Waals surface area contributed by atoms with Gasteiger partial charge in [-0.3, -0.25) is 0 Å². The number of rotatable bonds is 4. The molecule has 0 heterocycles. The van der Waals surface area contributed by atoms with Gasteiger partial charge in [0.25, 0.3) is 0 Å². The second-order valence-electron chi connectivity index (χ2n) is 4.55. The van der Waals surface area contributed by atoms with Crippen molar-refractivity contribution in [3.8, 4) is 0 Å². The van der Waals surface area contributed by atoms with Gasteiger partial charge in [0.2, 0.25) is 0 Å². The highest BCUT2D eigenvalue weighted by Gasteiger charge is 2.27. The minimum atomic E-state index is -0.810. The van der Waals surface area contributed by atoms with E-state index in [2.05, 4.69) is 0 Å². The van der Waals surface area contributed by atoms with Crippen LogP contribution in [-0.4, -0.2) is 5.11 Å². The van der Waals surface area contributed by atoms with Gasteiger partial charge in [-0.2, -0.15) is 0 Å². The molecule has 0 amide bonds. The van der Waals surface area contributed by atoms with Crippen molar-refractivity contribution in [2.24, 2.45) is 0 Å². The van der Waals surface area contributed by atoms with Crippen LogP contribution >= 0.6 is 11.6 Å². The van der Waals surface area contributed by atoms with Gasteiger partial charge in [0, 0.05) is 11.4 Å². The van der Waals surface area contributed by atoms with E-state index in [1.807, 2.05) is 61.5 Å². The van der Waals surface area contributed by atoms with Gasteiger partial charge in [-0.25, -0.2) is 0 Å². The van der Waals surface area contributed by atoms with E-state index in [0.717, 1.165) is 16.1 Å². The summed E-state index contributed by atoms with van der Waals surface area (Å²) in [5, 5.41) is 11.5. The number of aliphatic hydroxyl groups is 1. The molecule has 0 bridgehead atoms. The van der Waals surface area contributed by atoms with Gasteiger partial charge in [-0.1, -0.05) is 61.0 Å². The van der Waals surface area contributed by atoms with Gasteiger partial charge in [0.05, 0.1) is 5.60 Å². The summed E-state index contributed by atoms with van der Waals surface area (Å²) in [5.74, 6) is 0. The first-order chi connectivity index (χ1) is 8.64. The number of halogens is 1. The first-order valence-electron chi connectivity index (χ1n) is 6.16. The van der Waals surface area contributed by atoms with Crippen molar-refractivity contribution in [2.45, 2.75) is 25.4 Å². The van der Waals surface area contributed by atoms with Crippen LogP contribution in [0.5, 0.6) is 0 Å². The minimum Gasteiger partial charge on any atom is -0.385 e. The Bertz CT molecular complexity index is 492. The zero-order chi connectivity index (χ0) is 13.0. The number of hydrogen-bond donors (Lipinski definition) is 1. The molecule has 1 atom stereocenters. The third kappa shape index (κ3) is 2.92. The van der Waals surface area contributed by atoms with E-state index in [0.29, 0.717) is 12.8 Å². The molecule has 2 aromatic rings. The second kappa shape index (κ2) is 5.55. The van der Waals surface area contributed by atoms with Crippen molar-refractivity contribution >= 4 is 11.6 Å². The molecule has 2 heteroatoms. The lowest BCUT2D eigenvalue weighted by molar-refractivity contribution is 0.0327. The van der Waals surface area contributed by atoms with E-state index in [-0.39, 0.29) is 0 Å². The summed E-state index contributed by atoms with van der Waals surface area (Å²) >= 11 is 5.87. The first-order valence-corrected chi connectivity index (χ1v) is 6.54. The van der Waals surface area contributed by atoms with E-state index >= 15 is 0 Å². The lowest BCUT2D eigenvalue weighted by Crippen LogP contribution is -2.27. The maximum absolute atomic E-state index is 10.8. The summed E-state index contributed by atoms with van der Waals surface area (Å²) in [6, 6.07) is 17.5. The molecule has 0 saturated carbocycles. The molecule has 0 spiro atoms. The highest BCUT2D eigenvalue weighted by molar-refractivity contribution is 6.30. The summed E-state index contributed by atoms with van der Waals surface area (Å²) in [7, 11) is 0. The summed E-state index contributed by atoms with van der Waals surface area (Å²) in [6.45, 7) is 2.00. The molecular weight excluding hydrogens is 244 g/mol. The summed E-state index contributed by atoms with van der Waals surface area (Å²) < 4.78 is 0. The molecule has 0 radical (unpaired) electrons. The molecular formula is C16H17ClO. The summed E-state index contributed by atoms with van der Waals surface area (Å²) in [4.78, 5) is 0. The van der Waals surface area contributed by atoms with Gasteiger partial charge in [0.1, 0.15) is 0 Å². The lowest BCUT2D eigenvalue weighted by Gasteiger charge is -2.27. The highest BCUT2D eigenvalue weighted by Crippen LogP contribution is 2.29. The van der Waals surface area contributed by atoms with Crippen LogP contribution in [-0.2, 0) is 12.0 Å². The van der Waals surface area contributed by atoms with E-state index in [4.69, 9.17) is 11.6 Å². The zero-order valence-electron chi connectivity index (χ0n) is 10.4. The topological polar surface area (TPSA) is 20.2 Å². The Balaban J connectivity index is 2.26. The maximum atomic E-state index is 10.8. The van der Waals surface area contributed by atoms with Crippen LogP contribution in [0.15, 0.2) is 54.6 Å². The monoisotopic (exact) mass is 260 g/mol. The van der Waals surface area contributed by atoms with Crippen LogP contribution in [0.3, 0.4) is 0 Å². The van der Waals surface area contributed by atoms with Crippen molar-refractivity contribution in [3.05, 3.63) is 70.7 Å². The summed E-state index contributed by atoms with van der Waals surface area (Å²) in [5.41, 5.74) is 1.24. The standard InChI is InChI=1S/C16H17ClO/c1-2-16(18,14-6-4-3-5-7-14)12-13-8-10-15(17)11-9-13/h3-11,18H,2,12H2,1H3/t16-/m1/s1. The van der Waals surface area contributed by atoms with E-state index < -0.39 is 5.60 Å². The predicted molar refractivity (Wildman–Crippen MR) is 75.8 cm³/mol. The zero-order valence-corrected chi connectivity index (χ0v) is 11.2. The van der Waals surface area contributed by atoms with Crippen LogP contribution in [0.1, 0.15) is 24.5 Å². The molecule has 0 aliphatic carbocycles. The van der Waals surface area contributed by atoms with E-state index in [1.165, 1.54) is 0 Å². The number of benzene rings is 2. The predicted octanol–water partition coefficient (Wildman–Crippen LogP) is 4.18. The van der Waals surface area contributed by atoms with Crippen LogP contribution in [0.25, 0.3) is 0 Å². The molecule has 2 rings (SSSR count). The molecule has 1 N–H and O–H groups in total. The van der Waals surface area contributed by atoms with Crippen LogP contribution in [0.4, 0.5) is 0 Å². The maximum Gasteiger partial charge on any atom is 0.0934 e. The molecule has 2 aromatic carbocycles. The molecule has 0 aromatic heterocycles. The number of hydrogen-bond acceptors (Lipinski definition) is 1. The third-order valence-corrected chi connectivity index (χ3v) is 3.56. The molecule has 0 unspecified atom stereocenters. The molecule has 0 aliphatic rings. The van der Waals surface area contributed by atoms with E-state index in [1.54, 1.807) is 0 Å². The molecule has 1 nitrogen and oxygen atoms in total. The van der Waals surface area contributed by atoms with Gasteiger partial charge >= 0.3 is 0 Å². The molecule has 0 saturated heterocycles. The van der Waals surface area contributed by atoms with Gasteiger partial charge < -0.3 is 5.11 Å². The van der Waals surface area contributed by atoms with Crippen molar-refractivity contribution in [1.82, 2.24) is 0 Å². The smallest absolute Gasteiger partial charge is 0.0934 e. The fraction of sp³-hybridized carbons (Fsp3) is 0.250. The van der Waals surface area contributed by atoms with Gasteiger partial charge in [-0.05, 0) is 29.7 Å². The Morgan fingerprint density at radius 1 is 1.00 bits per heavy atom. The highest BCUT2D eigenvalue weighted by atomic mass is 35.5. The largest absolute Gasteiger partial charge is 0.385 e. The Hall–Kier alpha value is -1.31. The third-order valence-electron chi connectivity index (χ3n) is 3.31. The Kier molecular flexibility index (Phi) is 4.05. The Labute approximate surface area is 113 Å². The summed E-state index contributed by atoms with van der Waals surface area (Å²) in [6.07, 6.45) is 1.28. The average Bonchev–Trinajstić information content (AvgIpc) is 2.42. The van der Waals surface area contributed by atoms with Gasteiger partial charge in [-0.15, -0.1) is 0 Å². The molecule has 94 valence electrons. The minimum absolute atomic E-state index is 0.602. The van der Waals surface area contributed by atoms with Crippen molar-refractivity contribution in [3.63, 3.8) is 0 Å². The molecule has 0 aliphatic heterocycles. The average molecular weight is 261 g/mol. The quantitative estimate of drug-likeness (QED) is 0.874. The SMILES string of the molecule is CC[C@@](O)(Cc1ccc(Cl)cc1)c1ccccc1.